The van der Waals surface area contributed by atoms with Crippen molar-refractivity contribution in [3.05, 3.63) is 71.8 Å². The molecule has 0 spiro atoms. The molecule has 0 saturated heterocycles. The Morgan fingerprint density at radius 3 is 1.96 bits per heavy atom. The minimum Gasteiger partial charge on any atom is -0.349 e. The second kappa shape index (κ2) is 8.48. The largest absolute Gasteiger partial charge is 0.349 e. The summed E-state index contributed by atoms with van der Waals surface area (Å²) in [5.74, 6) is 0.178. The number of carbonyl (C=O) groups excluding carboxylic acids is 1. The van der Waals surface area contributed by atoms with E-state index in [0.717, 1.165) is 12.0 Å². The first-order chi connectivity index (χ1) is 11.8. The van der Waals surface area contributed by atoms with E-state index >= 15 is 0 Å². The molecule has 3 heteroatoms. The van der Waals surface area contributed by atoms with Crippen LogP contribution in [0.3, 0.4) is 0 Å². The molecular formula is C22H31NOSi. The minimum atomic E-state index is -1.49. The van der Waals surface area contributed by atoms with Crippen molar-refractivity contribution in [1.82, 2.24) is 5.32 Å². The Bertz CT molecular complexity index is 663. The van der Waals surface area contributed by atoms with Gasteiger partial charge >= 0.3 is 0 Å². The Balaban J connectivity index is 2.10. The highest BCUT2D eigenvalue weighted by atomic mass is 28.3. The van der Waals surface area contributed by atoms with E-state index in [1.54, 1.807) is 0 Å². The molecule has 0 bridgehead atoms. The predicted molar refractivity (Wildman–Crippen MR) is 109 cm³/mol. The highest BCUT2D eigenvalue weighted by Crippen LogP contribution is 2.34. The average molecular weight is 354 g/mol. The van der Waals surface area contributed by atoms with Gasteiger partial charge < -0.3 is 5.32 Å². The number of carbonyl (C=O) groups is 1. The van der Waals surface area contributed by atoms with Gasteiger partial charge in [-0.25, -0.2) is 0 Å². The summed E-state index contributed by atoms with van der Waals surface area (Å²) in [6, 6.07) is 20.8. The standard InChI is InChI=1S/C22H31NOSi/c1-17(22(24)23-18(2)20-14-10-7-11-15-20)21(25(3,4)5)16-19-12-8-6-9-13-19/h6-15,17-18,21H,16H2,1-5H3,(H,23,24). The van der Waals surface area contributed by atoms with Crippen molar-refractivity contribution < 1.29 is 4.79 Å². The maximum absolute atomic E-state index is 12.9. The molecule has 0 heterocycles. The second-order valence-corrected chi connectivity index (χ2v) is 13.6. The van der Waals surface area contributed by atoms with E-state index in [-0.39, 0.29) is 17.9 Å². The van der Waals surface area contributed by atoms with Gasteiger partial charge in [-0.2, -0.15) is 0 Å². The van der Waals surface area contributed by atoms with Crippen molar-refractivity contribution >= 4 is 14.0 Å². The van der Waals surface area contributed by atoms with Crippen molar-refractivity contribution in [3.63, 3.8) is 0 Å². The lowest BCUT2D eigenvalue weighted by Crippen LogP contribution is -2.41. The van der Waals surface area contributed by atoms with Gasteiger partial charge in [-0.05, 0) is 30.0 Å². The van der Waals surface area contributed by atoms with E-state index in [9.17, 15) is 4.79 Å². The Kier molecular flexibility index (Phi) is 6.60. The molecule has 0 fully saturated rings. The van der Waals surface area contributed by atoms with Crippen LogP contribution in [0.5, 0.6) is 0 Å². The zero-order valence-electron chi connectivity index (χ0n) is 16.1. The van der Waals surface area contributed by atoms with E-state index in [1.165, 1.54) is 5.56 Å². The van der Waals surface area contributed by atoms with Crippen molar-refractivity contribution in [2.45, 2.75) is 51.5 Å². The van der Waals surface area contributed by atoms with Crippen LogP contribution in [0.25, 0.3) is 0 Å². The summed E-state index contributed by atoms with van der Waals surface area (Å²) in [7, 11) is -1.49. The molecule has 0 aliphatic heterocycles. The molecule has 0 aliphatic rings. The molecule has 25 heavy (non-hydrogen) atoms. The number of nitrogens with one attached hydrogen (secondary N) is 1. The van der Waals surface area contributed by atoms with Gasteiger partial charge in [0, 0.05) is 14.0 Å². The van der Waals surface area contributed by atoms with Crippen molar-refractivity contribution in [2.24, 2.45) is 5.92 Å². The molecule has 2 rings (SSSR count). The lowest BCUT2D eigenvalue weighted by atomic mass is 9.98. The Labute approximate surface area is 153 Å². The molecule has 0 radical (unpaired) electrons. The third-order valence-electron chi connectivity index (χ3n) is 5.09. The van der Waals surface area contributed by atoms with Gasteiger partial charge in [0.1, 0.15) is 0 Å². The number of amides is 1. The second-order valence-electron chi connectivity index (χ2n) is 8.09. The van der Waals surface area contributed by atoms with Gasteiger partial charge in [0.2, 0.25) is 5.91 Å². The highest BCUT2D eigenvalue weighted by Gasteiger charge is 2.35. The zero-order valence-corrected chi connectivity index (χ0v) is 17.1. The first-order valence-electron chi connectivity index (χ1n) is 9.18. The molecule has 2 aromatic carbocycles. The fourth-order valence-corrected chi connectivity index (χ4v) is 5.95. The molecule has 2 aromatic rings. The highest BCUT2D eigenvalue weighted by molar-refractivity contribution is 6.77. The number of hydrogen-bond acceptors (Lipinski definition) is 1. The SMILES string of the molecule is CC(NC(=O)C(C)C(Cc1ccccc1)[Si](C)(C)C)c1ccccc1. The maximum atomic E-state index is 12.9. The van der Waals surface area contributed by atoms with Crippen LogP contribution in [-0.2, 0) is 11.2 Å². The first kappa shape index (κ1) is 19.5. The van der Waals surface area contributed by atoms with Gasteiger partial charge in [-0.3, -0.25) is 4.79 Å². The molecule has 2 nitrogen and oxygen atoms in total. The summed E-state index contributed by atoms with van der Waals surface area (Å²) in [5.41, 5.74) is 2.89. The molecule has 1 N–H and O–H groups in total. The van der Waals surface area contributed by atoms with Gasteiger partial charge in [0.15, 0.2) is 0 Å². The van der Waals surface area contributed by atoms with Crippen LogP contribution in [0.4, 0.5) is 0 Å². The van der Waals surface area contributed by atoms with Gasteiger partial charge in [-0.15, -0.1) is 0 Å². The lowest BCUT2D eigenvalue weighted by Gasteiger charge is -2.34. The van der Waals surface area contributed by atoms with E-state index in [4.69, 9.17) is 0 Å². The van der Waals surface area contributed by atoms with Crippen LogP contribution in [-0.4, -0.2) is 14.0 Å². The number of hydrogen-bond donors (Lipinski definition) is 1. The van der Waals surface area contributed by atoms with E-state index in [2.05, 4.69) is 75.2 Å². The number of benzene rings is 2. The van der Waals surface area contributed by atoms with Crippen LogP contribution < -0.4 is 5.32 Å². The summed E-state index contributed by atoms with van der Waals surface area (Å²) in [5, 5.41) is 3.22. The smallest absolute Gasteiger partial charge is 0.223 e. The molecule has 134 valence electrons. The fraction of sp³-hybridized carbons (Fsp3) is 0.409. The van der Waals surface area contributed by atoms with Crippen molar-refractivity contribution in [2.75, 3.05) is 0 Å². The maximum Gasteiger partial charge on any atom is 0.223 e. The lowest BCUT2D eigenvalue weighted by molar-refractivity contribution is -0.125. The molecule has 3 unspecified atom stereocenters. The molecule has 1 amide bonds. The third kappa shape index (κ3) is 5.57. The van der Waals surface area contributed by atoms with E-state index < -0.39 is 8.07 Å². The summed E-state index contributed by atoms with van der Waals surface area (Å²) >= 11 is 0. The summed E-state index contributed by atoms with van der Waals surface area (Å²) in [4.78, 5) is 12.9. The zero-order chi connectivity index (χ0) is 18.4. The Hall–Kier alpha value is -1.87. The monoisotopic (exact) mass is 353 g/mol. The van der Waals surface area contributed by atoms with Gasteiger partial charge in [0.05, 0.1) is 6.04 Å². The Morgan fingerprint density at radius 2 is 1.44 bits per heavy atom. The van der Waals surface area contributed by atoms with Gasteiger partial charge in [-0.1, -0.05) is 87.2 Å². The molecule has 0 saturated carbocycles. The van der Waals surface area contributed by atoms with Crippen LogP contribution in [0.15, 0.2) is 60.7 Å². The average Bonchev–Trinajstić information content (AvgIpc) is 2.59. The van der Waals surface area contributed by atoms with Crippen LogP contribution in [0, 0.1) is 5.92 Å². The number of rotatable bonds is 7. The quantitative estimate of drug-likeness (QED) is 0.659. The van der Waals surface area contributed by atoms with E-state index in [1.807, 2.05) is 24.3 Å². The van der Waals surface area contributed by atoms with E-state index in [0.29, 0.717) is 5.54 Å². The Morgan fingerprint density at radius 1 is 0.920 bits per heavy atom. The summed E-state index contributed by atoms with van der Waals surface area (Å²) < 4.78 is 0. The molecule has 0 aromatic heterocycles. The van der Waals surface area contributed by atoms with Crippen LogP contribution >= 0.6 is 0 Å². The fourth-order valence-electron chi connectivity index (χ4n) is 3.45. The van der Waals surface area contributed by atoms with Crippen molar-refractivity contribution in [1.29, 1.82) is 0 Å². The minimum absolute atomic E-state index is 0.0121. The van der Waals surface area contributed by atoms with Crippen LogP contribution in [0.1, 0.15) is 31.0 Å². The molecular weight excluding hydrogens is 322 g/mol. The summed E-state index contributed by atoms with van der Waals surface area (Å²) in [6.45, 7) is 11.3. The molecule has 3 atom stereocenters. The van der Waals surface area contributed by atoms with Crippen molar-refractivity contribution in [3.8, 4) is 0 Å². The molecule has 0 aliphatic carbocycles. The third-order valence-corrected chi connectivity index (χ3v) is 8.02. The topological polar surface area (TPSA) is 29.1 Å². The van der Waals surface area contributed by atoms with Crippen LogP contribution in [0.2, 0.25) is 25.2 Å². The normalized spacial score (nSPS) is 15.2. The summed E-state index contributed by atoms with van der Waals surface area (Å²) in [6.07, 6.45) is 0.977. The first-order valence-corrected chi connectivity index (χ1v) is 12.8. The van der Waals surface area contributed by atoms with Gasteiger partial charge in [0.25, 0.3) is 0 Å². The predicted octanol–water partition coefficient (Wildman–Crippen LogP) is 5.45.